The number of thiazole rings is 1. The van der Waals surface area contributed by atoms with Crippen LogP contribution in [0, 0.1) is 0 Å². The van der Waals surface area contributed by atoms with E-state index in [1.54, 1.807) is 17.0 Å². The molecule has 1 saturated heterocycles. The molecule has 11 heteroatoms. The molecule has 194 valence electrons. The molecule has 36 heavy (non-hydrogen) atoms. The Hall–Kier alpha value is -2.05. The van der Waals surface area contributed by atoms with E-state index in [0.717, 1.165) is 27.8 Å². The van der Waals surface area contributed by atoms with E-state index in [1.807, 2.05) is 18.2 Å². The molecule has 4 rings (SSSR count). The number of ether oxygens (including phenoxy) is 1. The van der Waals surface area contributed by atoms with E-state index in [0.29, 0.717) is 43.4 Å². The van der Waals surface area contributed by atoms with Gasteiger partial charge in [-0.3, -0.25) is 9.69 Å². The molecule has 1 aliphatic heterocycles. The first-order chi connectivity index (χ1) is 17.3. The molecule has 0 saturated carbocycles. The van der Waals surface area contributed by atoms with Gasteiger partial charge in [-0.2, -0.15) is 4.31 Å². The molecular formula is C25H31BrN4O4S2. The maximum Gasteiger partial charge on any atom is 0.247 e. The Morgan fingerprint density at radius 3 is 2.56 bits per heavy atom. The van der Waals surface area contributed by atoms with Crippen LogP contribution >= 0.6 is 27.3 Å². The van der Waals surface area contributed by atoms with Crippen molar-refractivity contribution in [1.82, 2.24) is 14.2 Å². The number of rotatable bonds is 10. The van der Waals surface area contributed by atoms with Crippen molar-refractivity contribution < 1.29 is 17.9 Å². The molecule has 1 aromatic heterocycles. The van der Waals surface area contributed by atoms with Crippen molar-refractivity contribution in [3.8, 4) is 5.75 Å². The number of nitrogens with zero attached hydrogens (tertiary/aromatic N) is 4. The number of carbonyl (C=O) groups excluding carboxylic acids is 1. The summed E-state index contributed by atoms with van der Waals surface area (Å²) >= 11 is 4.95. The SMILES string of the molecule is CCN(CC)CCN(C(=O)C1CCCN1S(=O)(=O)c1ccc(OC)cc1)c1nc2ccc(Br)cc2s1. The Balaban J connectivity index is 1.66. The summed E-state index contributed by atoms with van der Waals surface area (Å²) in [5, 5.41) is 0.592. The number of aromatic nitrogens is 1. The highest BCUT2D eigenvalue weighted by atomic mass is 79.9. The topological polar surface area (TPSA) is 83.0 Å². The summed E-state index contributed by atoms with van der Waals surface area (Å²) in [6.07, 6.45) is 1.11. The van der Waals surface area contributed by atoms with Crippen LogP contribution in [0.2, 0.25) is 0 Å². The van der Waals surface area contributed by atoms with Gasteiger partial charge in [0.05, 0.1) is 22.2 Å². The third-order valence-corrected chi connectivity index (χ3v) is 9.98. The number of likely N-dealkylation sites (N-methyl/N-ethyl adjacent to an activating group) is 1. The van der Waals surface area contributed by atoms with Crippen molar-refractivity contribution in [3.05, 3.63) is 46.9 Å². The van der Waals surface area contributed by atoms with E-state index >= 15 is 0 Å². The Morgan fingerprint density at radius 1 is 1.17 bits per heavy atom. The number of halogens is 1. The van der Waals surface area contributed by atoms with Crippen molar-refractivity contribution in [1.29, 1.82) is 0 Å². The lowest BCUT2D eigenvalue weighted by atomic mass is 10.2. The van der Waals surface area contributed by atoms with E-state index in [1.165, 1.54) is 34.9 Å². The van der Waals surface area contributed by atoms with Crippen molar-refractivity contribution in [3.63, 3.8) is 0 Å². The second-order valence-electron chi connectivity index (χ2n) is 8.57. The lowest BCUT2D eigenvalue weighted by Gasteiger charge is -2.30. The van der Waals surface area contributed by atoms with E-state index in [9.17, 15) is 13.2 Å². The smallest absolute Gasteiger partial charge is 0.247 e. The van der Waals surface area contributed by atoms with Crippen LogP contribution in [0.5, 0.6) is 5.75 Å². The van der Waals surface area contributed by atoms with Gasteiger partial charge in [-0.1, -0.05) is 41.1 Å². The maximum atomic E-state index is 14.0. The van der Waals surface area contributed by atoms with Crippen molar-refractivity contribution >= 4 is 58.5 Å². The van der Waals surface area contributed by atoms with Gasteiger partial charge in [0.1, 0.15) is 11.8 Å². The minimum absolute atomic E-state index is 0.155. The predicted octanol–water partition coefficient (Wildman–Crippen LogP) is 4.60. The second kappa shape index (κ2) is 11.6. The molecule has 0 aliphatic carbocycles. The van der Waals surface area contributed by atoms with Gasteiger partial charge in [-0.05, 0) is 68.4 Å². The molecule has 3 aromatic rings. The zero-order valence-electron chi connectivity index (χ0n) is 20.7. The minimum Gasteiger partial charge on any atom is -0.497 e. The lowest BCUT2D eigenvalue weighted by Crippen LogP contribution is -2.49. The number of hydrogen-bond donors (Lipinski definition) is 0. The average Bonchev–Trinajstić information content (AvgIpc) is 3.54. The molecule has 1 fully saturated rings. The Kier molecular flexibility index (Phi) is 8.67. The van der Waals surface area contributed by atoms with Gasteiger partial charge in [-0.25, -0.2) is 13.4 Å². The third-order valence-electron chi connectivity index (χ3n) is 6.53. The normalized spacial score (nSPS) is 16.6. The zero-order valence-corrected chi connectivity index (χ0v) is 23.9. The van der Waals surface area contributed by atoms with Crippen LogP contribution in [0.25, 0.3) is 10.2 Å². The number of anilines is 1. The van der Waals surface area contributed by atoms with Gasteiger partial charge in [0.25, 0.3) is 0 Å². The molecule has 2 aromatic carbocycles. The minimum atomic E-state index is -3.85. The van der Waals surface area contributed by atoms with Crippen LogP contribution in [-0.4, -0.2) is 74.4 Å². The van der Waals surface area contributed by atoms with Crippen LogP contribution in [0.1, 0.15) is 26.7 Å². The highest BCUT2D eigenvalue weighted by Crippen LogP contribution is 2.34. The van der Waals surface area contributed by atoms with E-state index in [2.05, 4.69) is 34.7 Å². The summed E-state index contributed by atoms with van der Waals surface area (Å²) in [6, 6.07) is 11.4. The van der Waals surface area contributed by atoms with Gasteiger partial charge in [0, 0.05) is 24.1 Å². The summed E-state index contributed by atoms with van der Waals surface area (Å²) in [4.78, 5) is 22.8. The molecular weight excluding hydrogens is 564 g/mol. The first-order valence-electron chi connectivity index (χ1n) is 12.0. The summed E-state index contributed by atoms with van der Waals surface area (Å²) in [7, 11) is -2.31. The van der Waals surface area contributed by atoms with Crippen LogP contribution in [-0.2, 0) is 14.8 Å². The second-order valence-corrected chi connectivity index (χ2v) is 12.4. The molecule has 0 spiro atoms. The highest BCUT2D eigenvalue weighted by Gasteiger charge is 2.42. The molecule has 2 heterocycles. The van der Waals surface area contributed by atoms with Gasteiger partial charge >= 0.3 is 0 Å². The Bertz CT molecular complexity index is 1310. The number of benzene rings is 2. The van der Waals surface area contributed by atoms with E-state index in [4.69, 9.17) is 9.72 Å². The molecule has 1 amide bonds. The lowest BCUT2D eigenvalue weighted by molar-refractivity contribution is -0.121. The van der Waals surface area contributed by atoms with Crippen LogP contribution in [0.3, 0.4) is 0 Å². The summed E-state index contributed by atoms with van der Waals surface area (Å²) in [5.74, 6) is 0.350. The molecule has 1 atom stereocenters. The van der Waals surface area contributed by atoms with Gasteiger partial charge in [0.2, 0.25) is 15.9 Å². The maximum absolute atomic E-state index is 14.0. The zero-order chi connectivity index (χ0) is 25.9. The van der Waals surface area contributed by atoms with Gasteiger partial charge < -0.3 is 9.64 Å². The standard InChI is InChI=1S/C25H31BrN4O4S2/c1-4-28(5-2)15-16-29(25-27-21-13-8-18(26)17-23(21)35-25)24(31)22-7-6-14-30(22)36(32,33)20-11-9-19(34-3)10-12-20/h8-13,17,22H,4-7,14-16H2,1-3H3. The highest BCUT2D eigenvalue weighted by molar-refractivity contribution is 9.10. The molecule has 0 radical (unpaired) electrons. The predicted molar refractivity (Wildman–Crippen MR) is 147 cm³/mol. The summed E-state index contributed by atoms with van der Waals surface area (Å²) < 4.78 is 35.5. The molecule has 1 aliphatic rings. The molecule has 8 nitrogen and oxygen atoms in total. The fourth-order valence-corrected chi connectivity index (χ4v) is 7.62. The third kappa shape index (κ3) is 5.60. The van der Waals surface area contributed by atoms with Crippen LogP contribution in [0.15, 0.2) is 51.8 Å². The van der Waals surface area contributed by atoms with E-state index < -0.39 is 16.1 Å². The Morgan fingerprint density at radius 2 is 1.89 bits per heavy atom. The number of fused-ring (bicyclic) bond motifs is 1. The van der Waals surface area contributed by atoms with Crippen LogP contribution in [0.4, 0.5) is 5.13 Å². The number of hydrogen-bond acceptors (Lipinski definition) is 7. The summed E-state index contributed by atoms with van der Waals surface area (Å²) in [5.41, 5.74) is 0.813. The molecule has 0 bridgehead atoms. The van der Waals surface area contributed by atoms with Gasteiger partial charge in [0.15, 0.2) is 5.13 Å². The first-order valence-corrected chi connectivity index (χ1v) is 15.1. The fraction of sp³-hybridized carbons (Fsp3) is 0.440. The number of carbonyl (C=O) groups is 1. The van der Waals surface area contributed by atoms with Crippen molar-refractivity contribution in [2.24, 2.45) is 0 Å². The average molecular weight is 596 g/mol. The first kappa shape index (κ1) is 27.0. The number of sulfonamides is 1. The number of methoxy groups -OCH3 is 1. The summed E-state index contributed by atoms with van der Waals surface area (Å²) in [6.45, 7) is 7.33. The quantitative estimate of drug-likeness (QED) is 0.341. The Labute approximate surface area is 225 Å². The largest absolute Gasteiger partial charge is 0.497 e. The fourth-order valence-electron chi connectivity index (χ4n) is 4.42. The van der Waals surface area contributed by atoms with Crippen molar-refractivity contribution in [2.45, 2.75) is 37.6 Å². The molecule has 0 N–H and O–H groups in total. The van der Waals surface area contributed by atoms with Crippen molar-refractivity contribution in [2.75, 3.05) is 44.7 Å². The monoisotopic (exact) mass is 594 g/mol. The molecule has 1 unspecified atom stereocenters. The van der Waals surface area contributed by atoms with Gasteiger partial charge in [-0.15, -0.1) is 0 Å². The van der Waals surface area contributed by atoms with E-state index in [-0.39, 0.29) is 10.8 Å². The number of amides is 1. The van der Waals surface area contributed by atoms with Crippen LogP contribution < -0.4 is 9.64 Å².